The van der Waals surface area contributed by atoms with Gasteiger partial charge in [0, 0.05) is 51.4 Å². The van der Waals surface area contributed by atoms with Gasteiger partial charge in [-0.3, -0.25) is 19.3 Å². The quantitative estimate of drug-likeness (QED) is 0.769. The topological polar surface area (TPSA) is 53.8 Å². The van der Waals surface area contributed by atoms with E-state index in [4.69, 9.17) is 4.74 Å². The molecular weight excluding hydrogens is 354 g/mol. The standard InChI is InChI=1S/C21H35N5O2/c1-17(2)24-9-10-26-19(16-24)15-20(22-26)21(27)25-7-4-3-5-18(25)6-8-23-11-13-28-14-12-23/h15,17-18H,3-14,16H2,1-2H3. The lowest BCUT2D eigenvalue weighted by Gasteiger charge is -2.37. The fraction of sp³-hybridized carbons (Fsp3) is 0.810. The summed E-state index contributed by atoms with van der Waals surface area (Å²) in [6.07, 6.45) is 4.50. The van der Waals surface area contributed by atoms with Gasteiger partial charge in [0.2, 0.25) is 0 Å². The lowest BCUT2D eigenvalue weighted by Crippen LogP contribution is -2.46. The number of aromatic nitrogens is 2. The maximum Gasteiger partial charge on any atom is 0.274 e. The summed E-state index contributed by atoms with van der Waals surface area (Å²) in [6, 6.07) is 2.90. The number of ether oxygens (including phenoxy) is 1. The van der Waals surface area contributed by atoms with Crippen molar-refractivity contribution < 1.29 is 9.53 Å². The number of hydrogen-bond donors (Lipinski definition) is 0. The first-order chi connectivity index (χ1) is 13.6. The molecule has 3 aliphatic heterocycles. The molecule has 156 valence electrons. The van der Waals surface area contributed by atoms with Gasteiger partial charge in [0.05, 0.1) is 25.5 Å². The number of amides is 1. The van der Waals surface area contributed by atoms with Crippen molar-refractivity contribution in [3.63, 3.8) is 0 Å². The third-order valence-electron chi connectivity index (χ3n) is 6.55. The van der Waals surface area contributed by atoms with Crippen molar-refractivity contribution in [2.24, 2.45) is 0 Å². The summed E-state index contributed by atoms with van der Waals surface area (Å²) < 4.78 is 7.49. The molecule has 0 aliphatic carbocycles. The molecule has 1 amide bonds. The Morgan fingerprint density at radius 2 is 2.00 bits per heavy atom. The average molecular weight is 390 g/mol. The molecule has 28 heavy (non-hydrogen) atoms. The molecule has 0 saturated carbocycles. The highest BCUT2D eigenvalue weighted by Crippen LogP contribution is 2.24. The molecule has 7 nitrogen and oxygen atoms in total. The predicted octanol–water partition coefficient (Wildman–Crippen LogP) is 1.82. The van der Waals surface area contributed by atoms with E-state index >= 15 is 0 Å². The van der Waals surface area contributed by atoms with Crippen LogP contribution in [0.4, 0.5) is 0 Å². The summed E-state index contributed by atoms with van der Waals surface area (Å²) in [6.45, 7) is 12.8. The Balaban J connectivity index is 1.41. The fourth-order valence-corrected chi connectivity index (χ4v) is 4.70. The van der Waals surface area contributed by atoms with Crippen LogP contribution in [-0.2, 0) is 17.8 Å². The highest BCUT2D eigenvalue weighted by molar-refractivity contribution is 5.92. The van der Waals surface area contributed by atoms with Crippen molar-refractivity contribution in [1.82, 2.24) is 24.5 Å². The van der Waals surface area contributed by atoms with Crippen LogP contribution in [0.5, 0.6) is 0 Å². The molecule has 1 atom stereocenters. The van der Waals surface area contributed by atoms with Gasteiger partial charge in [0.25, 0.3) is 5.91 Å². The molecule has 2 fully saturated rings. The highest BCUT2D eigenvalue weighted by atomic mass is 16.5. The maximum absolute atomic E-state index is 13.3. The average Bonchev–Trinajstić information content (AvgIpc) is 3.16. The second kappa shape index (κ2) is 8.93. The van der Waals surface area contributed by atoms with E-state index in [1.807, 2.05) is 10.7 Å². The molecule has 4 rings (SSSR count). The summed E-state index contributed by atoms with van der Waals surface area (Å²) in [5, 5.41) is 4.68. The Morgan fingerprint density at radius 1 is 1.18 bits per heavy atom. The van der Waals surface area contributed by atoms with E-state index in [9.17, 15) is 4.79 Å². The smallest absolute Gasteiger partial charge is 0.274 e. The molecular formula is C21H35N5O2. The van der Waals surface area contributed by atoms with Crippen LogP contribution >= 0.6 is 0 Å². The third kappa shape index (κ3) is 4.42. The van der Waals surface area contributed by atoms with Crippen molar-refractivity contribution >= 4 is 5.91 Å². The minimum Gasteiger partial charge on any atom is -0.379 e. The fourth-order valence-electron chi connectivity index (χ4n) is 4.70. The number of morpholine rings is 1. The zero-order chi connectivity index (χ0) is 19.5. The molecule has 2 saturated heterocycles. The van der Waals surface area contributed by atoms with Crippen LogP contribution in [-0.4, -0.2) is 88.4 Å². The van der Waals surface area contributed by atoms with Crippen molar-refractivity contribution in [2.75, 3.05) is 45.9 Å². The summed E-state index contributed by atoms with van der Waals surface area (Å²) >= 11 is 0. The zero-order valence-electron chi connectivity index (χ0n) is 17.5. The Labute approximate surface area is 168 Å². The van der Waals surface area contributed by atoms with E-state index in [1.165, 1.54) is 12.1 Å². The SMILES string of the molecule is CC(C)N1CCn2nc(C(=O)N3CCCCC3CCN3CCOCC3)cc2C1. The summed E-state index contributed by atoms with van der Waals surface area (Å²) in [7, 11) is 0. The van der Waals surface area contributed by atoms with Crippen molar-refractivity contribution in [3.05, 3.63) is 17.5 Å². The Morgan fingerprint density at radius 3 is 2.79 bits per heavy atom. The molecule has 0 spiro atoms. The van der Waals surface area contributed by atoms with E-state index in [-0.39, 0.29) is 5.91 Å². The first-order valence-electron chi connectivity index (χ1n) is 11.0. The molecule has 7 heteroatoms. The maximum atomic E-state index is 13.3. The van der Waals surface area contributed by atoms with Gasteiger partial charge in [0.1, 0.15) is 0 Å². The molecule has 0 radical (unpaired) electrons. The number of rotatable bonds is 5. The van der Waals surface area contributed by atoms with Gasteiger partial charge >= 0.3 is 0 Å². The number of nitrogens with zero attached hydrogens (tertiary/aromatic N) is 5. The van der Waals surface area contributed by atoms with Crippen LogP contribution in [0.25, 0.3) is 0 Å². The Kier molecular flexibility index (Phi) is 6.33. The van der Waals surface area contributed by atoms with Crippen LogP contribution in [0, 0.1) is 0 Å². The van der Waals surface area contributed by atoms with Crippen LogP contribution in [0.3, 0.4) is 0 Å². The Bertz CT molecular complexity index is 668. The van der Waals surface area contributed by atoms with Crippen LogP contribution < -0.4 is 0 Å². The second-order valence-electron chi connectivity index (χ2n) is 8.70. The van der Waals surface area contributed by atoms with Crippen LogP contribution in [0.15, 0.2) is 6.07 Å². The number of likely N-dealkylation sites (tertiary alicyclic amines) is 1. The molecule has 3 aliphatic rings. The first kappa shape index (κ1) is 19.9. The number of carbonyl (C=O) groups is 1. The van der Waals surface area contributed by atoms with Crippen LogP contribution in [0.2, 0.25) is 0 Å². The van der Waals surface area contributed by atoms with E-state index in [1.54, 1.807) is 0 Å². The van der Waals surface area contributed by atoms with Gasteiger partial charge in [-0.15, -0.1) is 0 Å². The summed E-state index contributed by atoms with van der Waals surface area (Å²) in [4.78, 5) is 20.3. The molecule has 0 aromatic carbocycles. The van der Waals surface area contributed by atoms with Gasteiger partial charge < -0.3 is 9.64 Å². The van der Waals surface area contributed by atoms with E-state index in [0.29, 0.717) is 17.8 Å². The zero-order valence-corrected chi connectivity index (χ0v) is 17.5. The molecule has 0 N–H and O–H groups in total. The van der Waals surface area contributed by atoms with Crippen LogP contribution in [0.1, 0.15) is 55.7 Å². The summed E-state index contributed by atoms with van der Waals surface area (Å²) in [5.41, 5.74) is 1.81. The number of carbonyl (C=O) groups excluding carboxylic acids is 1. The third-order valence-corrected chi connectivity index (χ3v) is 6.55. The number of fused-ring (bicyclic) bond motifs is 1. The predicted molar refractivity (Wildman–Crippen MR) is 108 cm³/mol. The first-order valence-corrected chi connectivity index (χ1v) is 11.0. The van der Waals surface area contributed by atoms with Gasteiger partial charge in [-0.25, -0.2) is 0 Å². The van der Waals surface area contributed by atoms with Gasteiger partial charge in [-0.2, -0.15) is 5.10 Å². The summed E-state index contributed by atoms with van der Waals surface area (Å²) in [5.74, 6) is 0.129. The Hall–Kier alpha value is -1.44. The van der Waals surface area contributed by atoms with Crippen molar-refractivity contribution in [1.29, 1.82) is 0 Å². The van der Waals surface area contributed by atoms with E-state index in [0.717, 1.165) is 78.3 Å². The van der Waals surface area contributed by atoms with Gasteiger partial charge in [-0.05, 0) is 45.6 Å². The van der Waals surface area contributed by atoms with Crippen molar-refractivity contribution in [2.45, 2.75) is 64.7 Å². The second-order valence-corrected chi connectivity index (χ2v) is 8.70. The minimum absolute atomic E-state index is 0.129. The lowest BCUT2D eigenvalue weighted by atomic mass is 9.98. The van der Waals surface area contributed by atoms with Gasteiger partial charge in [-0.1, -0.05) is 0 Å². The normalized spacial score (nSPS) is 24.5. The minimum atomic E-state index is 0.129. The van der Waals surface area contributed by atoms with E-state index < -0.39 is 0 Å². The monoisotopic (exact) mass is 389 g/mol. The molecule has 1 aromatic heterocycles. The van der Waals surface area contributed by atoms with Gasteiger partial charge in [0.15, 0.2) is 5.69 Å². The lowest BCUT2D eigenvalue weighted by molar-refractivity contribution is 0.0294. The number of hydrogen-bond acceptors (Lipinski definition) is 5. The number of piperidine rings is 1. The molecule has 4 heterocycles. The van der Waals surface area contributed by atoms with Crippen molar-refractivity contribution in [3.8, 4) is 0 Å². The molecule has 0 bridgehead atoms. The highest BCUT2D eigenvalue weighted by Gasteiger charge is 2.30. The van der Waals surface area contributed by atoms with E-state index in [2.05, 4.69) is 33.6 Å². The molecule has 1 aromatic rings. The largest absolute Gasteiger partial charge is 0.379 e. The molecule has 1 unspecified atom stereocenters.